The van der Waals surface area contributed by atoms with Crippen molar-refractivity contribution in [3.63, 3.8) is 0 Å². The summed E-state index contributed by atoms with van der Waals surface area (Å²) in [5.41, 5.74) is 4.21. The first-order valence-electron chi connectivity index (χ1n) is 12.7. The molecule has 0 aromatic carbocycles. The van der Waals surface area contributed by atoms with Gasteiger partial charge in [-0.15, -0.1) is 0 Å². The van der Waals surface area contributed by atoms with Crippen LogP contribution >= 0.6 is 11.5 Å². The van der Waals surface area contributed by atoms with Crippen molar-refractivity contribution in [1.29, 1.82) is 0 Å². The minimum absolute atomic E-state index is 0.00513. The third kappa shape index (κ3) is 6.00. The summed E-state index contributed by atoms with van der Waals surface area (Å²) >= 11 is 1.43. The number of aromatic nitrogens is 6. The lowest BCUT2D eigenvalue weighted by Gasteiger charge is -2.30. The molecular weight excluding hydrogens is 504 g/mol. The number of amides is 2. The second-order valence-electron chi connectivity index (χ2n) is 9.73. The van der Waals surface area contributed by atoms with E-state index in [0.29, 0.717) is 11.5 Å². The van der Waals surface area contributed by atoms with Crippen molar-refractivity contribution in [3.05, 3.63) is 42.2 Å². The van der Waals surface area contributed by atoms with Gasteiger partial charge in [0.2, 0.25) is 11.8 Å². The maximum atomic E-state index is 12.1. The van der Waals surface area contributed by atoms with Gasteiger partial charge in [-0.3, -0.25) is 23.6 Å². The molecule has 0 aliphatic carbocycles. The minimum Gasteiger partial charge on any atom is -0.358 e. The van der Waals surface area contributed by atoms with Gasteiger partial charge in [0.15, 0.2) is 11.5 Å². The van der Waals surface area contributed by atoms with Crippen LogP contribution in [0.2, 0.25) is 0 Å². The van der Waals surface area contributed by atoms with Crippen LogP contribution in [0, 0.1) is 12.8 Å². The van der Waals surface area contributed by atoms with E-state index < -0.39 is 0 Å². The average molecular weight is 537 g/mol. The van der Waals surface area contributed by atoms with Crippen LogP contribution in [0.3, 0.4) is 0 Å². The van der Waals surface area contributed by atoms with Gasteiger partial charge in [-0.25, -0.2) is 9.97 Å². The fourth-order valence-corrected chi connectivity index (χ4v) is 5.34. The number of imidazole rings is 1. The van der Waals surface area contributed by atoms with Gasteiger partial charge in [0.25, 0.3) is 0 Å². The van der Waals surface area contributed by atoms with Gasteiger partial charge in [-0.05, 0) is 49.8 Å². The number of carbonyl (C=O) groups is 2. The molecule has 1 aliphatic heterocycles. The van der Waals surface area contributed by atoms with Crippen LogP contribution in [0.5, 0.6) is 0 Å². The van der Waals surface area contributed by atoms with Crippen LogP contribution in [0.25, 0.3) is 16.9 Å². The number of likely N-dealkylation sites (N-methyl/N-ethyl adjacent to an activating group) is 1. The van der Waals surface area contributed by atoms with Gasteiger partial charge in [0.05, 0.1) is 36.0 Å². The molecule has 0 radical (unpaired) electrons. The second kappa shape index (κ2) is 11.3. The number of fused-ring (bicyclic) bond motifs is 1. The first-order chi connectivity index (χ1) is 18.4. The molecule has 1 fully saturated rings. The lowest BCUT2D eigenvalue weighted by molar-refractivity contribution is -0.126. The molecular formula is C25H32N10O2S. The molecule has 0 saturated carbocycles. The molecule has 1 aliphatic rings. The molecule has 1 saturated heterocycles. The zero-order valence-electron chi connectivity index (χ0n) is 21.8. The van der Waals surface area contributed by atoms with E-state index in [2.05, 4.69) is 48.3 Å². The summed E-state index contributed by atoms with van der Waals surface area (Å²) in [7, 11) is 1.52. The molecule has 5 heterocycles. The Hall–Kier alpha value is -3.84. The molecule has 5 rings (SSSR count). The molecule has 12 nitrogen and oxygen atoms in total. The van der Waals surface area contributed by atoms with Gasteiger partial charge in [0.1, 0.15) is 11.5 Å². The Kier molecular flexibility index (Phi) is 7.65. The summed E-state index contributed by atoms with van der Waals surface area (Å²) in [5.74, 6) is 0.827. The van der Waals surface area contributed by atoms with Crippen LogP contribution in [0.1, 0.15) is 31.2 Å². The highest BCUT2D eigenvalue weighted by atomic mass is 32.1. The molecule has 0 bridgehead atoms. The number of anilines is 2. The number of rotatable bonds is 9. The molecule has 1 unspecified atom stereocenters. The smallest absolute Gasteiger partial charge is 0.242 e. The summed E-state index contributed by atoms with van der Waals surface area (Å²) in [6.07, 6.45) is 9.71. The fourth-order valence-electron chi connectivity index (χ4n) is 4.68. The second-order valence-corrected chi connectivity index (χ2v) is 10.5. The topological polar surface area (TPSA) is 134 Å². The van der Waals surface area contributed by atoms with Gasteiger partial charge >= 0.3 is 0 Å². The Balaban J connectivity index is 1.30. The van der Waals surface area contributed by atoms with Crippen LogP contribution < -0.4 is 16.0 Å². The van der Waals surface area contributed by atoms with Gasteiger partial charge in [-0.2, -0.15) is 9.47 Å². The summed E-state index contributed by atoms with van der Waals surface area (Å²) in [6.45, 7) is 7.28. The largest absolute Gasteiger partial charge is 0.358 e. The molecule has 13 heteroatoms. The Morgan fingerprint density at radius 3 is 2.89 bits per heavy atom. The Morgan fingerprint density at radius 2 is 2.08 bits per heavy atom. The van der Waals surface area contributed by atoms with Crippen LogP contribution in [-0.4, -0.2) is 71.9 Å². The number of hydrogen-bond donors (Lipinski definition) is 3. The van der Waals surface area contributed by atoms with E-state index >= 15 is 0 Å². The molecule has 38 heavy (non-hydrogen) atoms. The highest BCUT2D eigenvalue weighted by Gasteiger charge is 2.18. The predicted molar refractivity (Wildman–Crippen MR) is 145 cm³/mol. The lowest BCUT2D eigenvalue weighted by Crippen LogP contribution is -2.36. The molecule has 3 N–H and O–H groups in total. The number of nitrogens with zero attached hydrogens (tertiary/aromatic N) is 7. The van der Waals surface area contributed by atoms with Crippen molar-refractivity contribution in [2.75, 3.05) is 32.0 Å². The molecule has 4 aromatic heterocycles. The molecule has 4 aromatic rings. The third-order valence-corrected chi connectivity index (χ3v) is 7.24. The fraction of sp³-hybridized carbons (Fsp3) is 0.440. The molecule has 200 valence electrons. The van der Waals surface area contributed by atoms with Gasteiger partial charge in [-0.1, -0.05) is 6.92 Å². The highest BCUT2D eigenvalue weighted by molar-refractivity contribution is 7.10. The molecule has 1 atom stereocenters. The van der Waals surface area contributed by atoms with Crippen molar-refractivity contribution in [2.45, 2.75) is 39.8 Å². The van der Waals surface area contributed by atoms with E-state index in [0.717, 1.165) is 53.2 Å². The van der Waals surface area contributed by atoms with E-state index in [4.69, 9.17) is 4.98 Å². The van der Waals surface area contributed by atoms with Crippen molar-refractivity contribution >= 4 is 39.8 Å². The summed E-state index contributed by atoms with van der Waals surface area (Å²) in [5, 5.41) is 13.7. The lowest BCUT2D eigenvalue weighted by atomic mass is 10.0. The van der Waals surface area contributed by atoms with E-state index in [1.165, 1.54) is 36.1 Å². The van der Waals surface area contributed by atoms with Crippen molar-refractivity contribution in [2.24, 2.45) is 5.92 Å². The maximum Gasteiger partial charge on any atom is 0.242 e. The zero-order valence-corrected chi connectivity index (χ0v) is 22.6. The Labute approximate surface area is 224 Å². The average Bonchev–Trinajstić information content (AvgIpc) is 3.63. The van der Waals surface area contributed by atoms with Crippen molar-refractivity contribution in [1.82, 2.24) is 44.1 Å². The van der Waals surface area contributed by atoms with Crippen molar-refractivity contribution < 1.29 is 9.59 Å². The van der Waals surface area contributed by atoms with Gasteiger partial charge < -0.3 is 16.0 Å². The number of aryl methyl sites for hydroxylation is 1. The summed E-state index contributed by atoms with van der Waals surface area (Å²) < 4.78 is 8.16. The molecule has 0 spiro atoms. The van der Waals surface area contributed by atoms with Crippen molar-refractivity contribution in [3.8, 4) is 11.3 Å². The standard InChI is InChI=1S/C25H32N10O2S/c1-16-5-4-6-33(11-16)14-19-7-23(38-32-19)31-24-25-28-9-20(35(25)12-17(2)30-24)18-8-29-34(13-18)15-22(37)27-10-21(36)26-3/h7-9,12-13,16H,4-6,10-11,14-15H2,1-3H3,(H,26,36)(H,27,37)(H,30,31). The van der Waals surface area contributed by atoms with E-state index in [1.807, 2.05) is 17.5 Å². The number of hydrogen-bond acceptors (Lipinski definition) is 9. The quantitative estimate of drug-likeness (QED) is 0.296. The van der Waals surface area contributed by atoms with E-state index in [-0.39, 0.29) is 24.9 Å². The number of carbonyl (C=O) groups excluding carboxylic acids is 2. The monoisotopic (exact) mass is 536 g/mol. The SMILES string of the molecule is CNC(=O)CNC(=O)Cn1cc(-c2cnc3c(Nc4cc(CN5CCCC(C)C5)ns4)nc(C)cn23)cn1. The van der Waals surface area contributed by atoms with E-state index in [1.54, 1.807) is 18.6 Å². The minimum atomic E-state index is -0.299. The summed E-state index contributed by atoms with van der Waals surface area (Å²) in [4.78, 5) is 35.3. The normalized spacial score (nSPS) is 16.0. The number of likely N-dealkylation sites (tertiary alicyclic amines) is 1. The molecule has 2 amide bonds. The highest BCUT2D eigenvalue weighted by Crippen LogP contribution is 2.28. The first-order valence-corrected chi connectivity index (χ1v) is 13.4. The number of piperidine rings is 1. The van der Waals surface area contributed by atoms with Crippen LogP contribution in [-0.2, 0) is 22.7 Å². The van der Waals surface area contributed by atoms with Crippen LogP contribution in [0.4, 0.5) is 10.8 Å². The van der Waals surface area contributed by atoms with Gasteiger partial charge in [0, 0.05) is 38.1 Å². The number of nitrogens with one attached hydrogen (secondary N) is 3. The Morgan fingerprint density at radius 1 is 1.21 bits per heavy atom. The Bertz CT molecular complexity index is 1440. The zero-order chi connectivity index (χ0) is 26.6. The van der Waals surface area contributed by atoms with E-state index in [9.17, 15) is 9.59 Å². The maximum absolute atomic E-state index is 12.1. The summed E-state index contributed by atoms with van der Waals surface area (Å²) in [6, 6.07) is 2.09. The third-order valence-electron chi connectivity index (χ3n) is 6.50. The predicted octanol–water partition coefficient (Wildman–Crippen LogP) is 2.20. The van der Waals surface area contributed by atoms with Crippen LogP contribution in [0.15, 0.2) is 30.9 Å². The first kappa shape index (κ1) is 25.8.